The van der Waals surface area contributed by atoms with Gasteiger partial charge in [-0.25, -0.2) is 9.59 Å². The van der Waals surface area contributed by atoms with Gasteiger partial charge in [0.2, 0.25) is 0 Å². The molecule has 2 N–H and O–H groups in total. The van der Waals surface area contributed by atoms with E-state index in [1.807, 2.05) is 18.2 Å². The number of anilines is 1. The zero-order valence-corrected chi connectivity index (χ0v) is 21.0. The van der Waals surface area contributed by atoms with Crippen molar-refractivity contribution in [2.75, 3.05) is 19.1 Å². The third kappa shape index (κ3) is 4.08. The molecule has 10 nitrogen and oxygen atoms in total. The second-order valence-electron chi connectivity index (χ2n) is 8.93. The number of ether oxygens (including phenoxy) is 2. The van der Waals surface area contributed by atoms with Gasteiger partial charge in [0.1, 0.15) is 17.3 Å². The molecule has 0 saturated carbocycles. The van der Waals surface area contributed by atoms with Crippen molar-refractivity contribution >= 4 is 17.6 Å². The standard InChI is InChI=1S/C28H26N6O4/c1-37-27(35)23-22(17-8-4-3-5-9-17)20(16-29)25(30)34(24(23)28(36)38-2)19-13-11-18(12-14-19)26-32-31-21-10-6-7-15-33(21)26/h3-5,8-9,11-14,22H,6-7,10,15,30H2,1-2H3. The quantitative estimate of drug-likeness (QED) is 0.513. The number of allylic oxidation sites excluding steroid dienone is 1. The normalized spacial score (nSPS) is 17.1. The number of nitrogens with two attached hydrogens (primary N) is 1. The largest absolute Gasteiger partial charge is 0.466 e. The van der Waals surface area contributed by atoms with Crippen molar-refractivity contribution in [3.63, 3.8) is 0 Å². The number of hydrogen-bond donors (Lipinski definition) is 1. The minimum absolute atomic E-state index is 0.0158. The zero-order valence-electron chi connectivity index (χ0n) is 21.0. The molecular formula is C28H26N6O4. The van der Waals surface area contributed by atoms with Crippen LogP contribution in [0.2, 0.25) is 0 Å². The molecule has 0 saturated heterocycles. The van der Waals surface area contributed by atoms with Crippen LogP contribution in [-0.2, 0) is 32.0 Å². The molecule has 0 bridgehead atoms. The molecule has 0 fully saturated rings. The highest BCUT2D eigenvalue weighted by Crippen LogP contribution is 2.43. The third-order valence-corrected chi connectivity index (χ3v) is 6.85. The number of hydrogen-bond acceptors (Lipinski definition) is 9. The number of aryl methyl sites for hydroxylation is 1. The Bertz CT molecular complexity index is 1500. The van der Waals surface area contributed by atoms with Crippen LogP contribution in [0.25, 0.3) is 11.4 Å². The minimum atomic E-state index is -0.916. The fourth-order valence-corrected chi connectivity index (χ4v) is 5.06. The summed E-state index contributed by atoms with van der Waals surface area (Å²) in [5.41, 5.74) is 8.44. The summed E-state index contributed by atoms with van der Waals surface area (Å²) in [4.78, 5) is 27.7. The Labute approximate surface area is 219 Å². The molecule has 10 heteroatoms. The number of carbonyl (C=O) groups is 2. The van der Waals surface area contributed by atoms with Crippen LogP contribution in [0, 0.1) is 11.3 Å². The van der Waals surface area contributed by atoms with E-state index >= 15 is 0 Å². The number of aromatic nitrogens is 3. The fourth-order valence-electron chi connectivity index (χ4n) is 5.06. The van der Waals surface area contributed by atoms with Gasteiger partial charge in [-0.1, -0.05) is 30.3 Å². The summed E-state index contributed by atoms with van der Waals surface area (Å²) in [5.74, 6) is -0.738. The Morgan fingerprint density at radius 1 is 1.00 bits per heavy atom. The van der Waals surface area contributed by atoms with Crippen LogP contribution in [0.5, 0.6) is 0 Å². The molecular weight excluding hydrogens is 484 g/mol. The van der Waals surface area contributed by atoms with Crippen LogP contribution in [-0.4, -0.2) is 40.9 Å². The summed E-state index contributed by atoms with van der Waals surface area (Å²) in [7, 11) is 2.44. The van der Waals surface area contributed by atoms with Crippen LogP contribution >= 0.6 is 0 Å². The number of fused-ring (bicyclic) bond motifs is 1. The van der Waals surface area contributed by atoms with E-state index in [0.717, 1.165) is 43.0 Å². The number of rotatable bonds is 5. The van der Waals surface area contributed by atoms with Crippen molar-refractivity contribution in [3.8, 4) is 17.5 Å². The fraction of sp³-hybridized carbons (Fsp3) is 0.250. The summed E-state index contributed by atoms with van der Waals surface area (Å²) < 4.78 is 12.3. The van der Waals surface area contributed by atoms with Crippen LogP contribution in [0.15, 0.2) is 77.3 Å². The third-order valence-electron chi connectivity index (χ3n) is 6.85. The second kappa shape index (κ2) is 10.2. The summed E-state index contributed by atoms with van der Waals surface area (Å²) in [6.45, 7) is 0.853. The molecule has 192 valence electrons. The van der Waals surface area contributed by atoms with Crippen molar-refractivity contribution in [2.45, 2.75) is 31.7 Å². The summed E-state index contributed by atoms with van der Waals surface area (Å²) >= 11 is 0. The van der Waals surface area contributed by atoms with E-state index in [1.54, 1.807) is 36.4 Å². The second-order valence-corrected chi connectivity index (χ2v) is 8.93. The average molecular weight is 511 g/mol. The summed E-state index contributed by atoms with van der Waals surface area (Å²) in [5, 5.41) is 18.9. The van der Waals surface area contributed by atoms with Gasteiger partial charge in [0.05, 0.1) is 37.4 Å². The van der Waals surface area contributed by atoms with Gasteiger partial charge in [0.15, 0.2) is 5.82 Å². The van der Waals surface area contributed by atoms with Crippen molar-refractivity contribution in [1.29, 1.82) is 5.26 Å². The van der Waals surface area contributed by atoms with E-state index in [1.165, 1.54) is 19.1 Å². The number of methoxy groups -OCH3 is 2. The lowest BCUT2D eigenvalue weighted by molar-refractivity contribution is -0.139. The highest BCUT2D eigenvalue weighted by molar-refractivity contribution is 6.06. The van der Waals surface area contributed by atoms with Gasteiger partial charge in [0, 0.05) is 24.2 Å². The number of benzene rings is 2. The topological polar surface area (TPSA) is 136 Å². The van der Waals surface area contributed by atoms with Gasteiger partial charge < -0.3 is 19.8 Å². The monoisotopic (exact) mass is 510 g/mol. The molecule has 0 aliphatic carbocycles. The first-order valence-corrected chi connectivity index (χ1v) is 12.2. The maximum atomic E-state index is 13.2. The first-order chi connectivity index (χ1) is 18.5. The highest BCUT2D eigenvalue weighted by Gasteiger charge is 2.43. The van der Waals surface area contributed by atoms with E-state index in [-0.39, 0.29) is 22.7 Å². The van der Waals surface area contributed by atoms with E-state index < -0.39 is 17.9 Å². The predicted molar refractivity (Wildman–Crippen MR) is 138 cm³/mol. The molecule has 1 unspecified atom stereocenters. The Morgan fingerprint density at radius 2 is 1.71 bits per heavy atom. The van der Waals surface area contributed by atoms with Crippen LogP contribution in [0.4, 0.5) is 5.69 Å². The van der Waals surface area contributed by atoms with E-state index in [2.05, 4.69) is 20.8 Å². The molecule has 0 radical (unpaired) electrons. The number of esters is 2. The summed E-state index contributed by atoms with van der Waals surface area (Å²) in [6.07, 6.45) is 3.05. The predicted octanol–water partition coefficient (Wildman–Crippen LogP) is 3.18. The Kier molecular flexibility index (Phi) is 6.66. The lowest BCUT2D eigenvalue weighted by atomic mass is 9.81. The lowest BCUT2D eigenvalue weighted by Gasteiger charge is -2.35. The molecule has 2 aliphatic rings. The first kappa shape index (κ1) is 24.8. The molecule has 0 spiro atoms. The smallest absolute Gasteiger partial charge is 0.355 e. The van der Waals surface area contributed by atoms with Gasteiger partial charge in [-0.2, -0.15) is 5.26 Å². The molecule has 2 aliphatic heterocycles. The zero-order chi connectivity index (χ0) is 26.8. The maximum Gasteiger partial charge on any atom is 0.355 e. The van der Waals surface area contributed by atoms with Crippen LogP contribution < -0.4 is 10.6 Å². The Balaban J connectivity index is 1.67. The highest BCUT2D eigenvalue weighted by atomic mass is 16.5. The lowest BCUT2D eigenvalue weighted by Crippen LogP contribution is -2.40. The van der Waals surface area contributed by atoms with Gasteiger partial charge in [-0.15, -0.1) is 10.2 Å². The molecule has 1 aromatic heterocycles. The van der Waals surface area contributed by atoms with E-state index in [0.29, 0.717) is 11.3 Å². The molecule has 3 heterocycles. The Morgan fingerprint density at radius 3 is 2.37 bits per heavy atom. The van der Waals surface area contributed by atoms with Crippen LogP contribution in [0.3, 0.4) is 0 Å². The van der Waals surface area contributed by atoms with Crippen LogP contribution in [0.1, 0.15) is 30.1 Å². The minimum Gasteiger partial charge on any atom is -0.466 e. The van der Waals surface area contributed by atoms with Crippen molar-refractivity contribution in [3.05, 3.63) is 88.6 Å². The molecule has 0 amide bonds. The van der Waals surface area contributed by atoms with E-state index in [9.17, 15) is 14.9 Å². The van der Waals surface area contributed by atoms with Gasteiger partial charge in [-0.05, 0) is 42.7 Å². The molecule has 2 aromatic carbocycles. The summed E-state index contributed by atoms with van der Waals surface area (Å²) in [6, 6.07) is 18.2. The molecule has 5 rings (SSSR count). The van der Waals surface area contributed by atoms with Gasteiger partial charge >= 0.3 is 11.9 Å². The maximum absolute atomic E-state index is 13.2. The average Bonchev–Trinajstić information content (AvgIpc) is 3.40. The molecule has 3 aromatic rings. The van der Waals surface area contributed by atoms with Crippen molar-refractivity contribution < 1.29 is 19.1 Å². The first-order valence-electron chi connectivity index (χ1n) is 12.2. The number of nitrogens with zero attached hydrogens (tertiary/aromatic N) is 5. The van der Waals surface area contributed by atoms with E-state index in [4.69, 9.17) is 15.2 Å². The van der Waals surface area contributed by atoms with Gasteiger partial charge in [0.25, 0.3) is 0 Å². The number of nitriles is 1. The molecule has 38 heavy (non-hydrogen) atoms. The Hall–Kier alpha value is -4.91. The number of carbonyl (C=O) groups excluding carboxylic acids is 2. The van der Waals surface area contributed by atoms with Gasteiger partial charge in [-0.3, -0.25) is 4.90 Å². The van der Waals surface area contributed by atoms with Crippen molar-refractivity contribution in [1.82, 2.24) is 14.8 Å². The van der Waals surface area contributed by atoms with Crippen molar-refractivity contribution in [2.24, 2.45) is 5.73 Å². The SMILES string of the molecule is COC(=O)C1=C(C(=O)OC)N(c2ccc(-c3nnc4n3CCCC4)cc2)C(N)=C(C#N)C1c1ccccc1. The molecule has 1 atom stereocenters.